The van der Waals surface area contributed by atoms with E-state index in [4.69, 9.17) is 22.1 Å². The van der Waals surface area contributed by atoms with Gasteiger partial charge in [-0.05, 0) is 64.4 Å². The van der Waals surface area contributed by atoms with Crippen LogP contribution in [-0.2, 0) is 17.8 Å². The number of hydrogen-bond donors (Lipinski definition) is 1. The summed E-state index contributed by atoms with van der Waals surface area (Å²) < 4.78 is 6.07. The van der Waals surface area contributed by atoms with E-state index in [1.54, 1.807) is 12.1 Å². The number of piperidine rings is 1. The molecule has 2 aromatic carbocycles. The molecule has 0 unspecified atom stereocenters. The van der Waals surface area contributed by atoms with E-state index in [0.29, 0.717) is 35.9 Å². The van der Waals surface area contributed by atoms with Gasteiger partial charge in [0.05, 0.1) is 10.7 Å². The molecule has 0 saturated carbocycles. The Hall–Kier alpha value is -1.75. The summed E-state index contributed by atoms with van der Waals surface area (Å²) in [6.07, 6.45) is 5.69. The molecular weight excluding hydrogens is 431 g/mol. The fourth-order valence-electron chi connectivity index (χ4n) is 4.18. The van der Waals surface area contributed by atoms with E-state index in [9.17, 15) is 4.79 Å². The summed E-state index contributed by atoms with van der Waals surface area (Å²) in [7, 11) is 0. The molecule has 2 N–H and O–H groups in total. The zero-order chi connectivity index (χ0) is 21.5. The summed E-state index contributed by atoms with van der Waals surface area (Å²) in [5.74, 6) is 0.851. The lowest BCUT2D eigenvalue weighted by molar-refractivity contribution is -0.118. The molecule has 1 fully saturated rings. The Labute approximate surface area is 197 Å². The maximum Gasteiger partial charge on any atom is 0.137 e. The first kappa shape index (κ1) is 25.5. The van der Waals surface area contributed by atoms with Gasteiger partial charge in [0.15, 0.2) is 0 Å². The maximum atomic E-state index is 12.6. The van der Waals surface area contributed by atoms with Crippen molar-refractivity contribution in [2.75, 3.05) is 25.4 Å². The Bertz CT molecular complexity index is 860. The normalized spacial score (nSPS) is 14.2. The number of benzene rings is 2. The van der Waals surface area contributed by atoms with Gasteiger partial charge >= 0.3 is 0 Å². The van der Waals surface area contributed by atoms with Crippen LogP contribution < -0.4 is 10.5 Å². The molecule has 170 valence electrons. The molecule has 0 amide bonds. The molecule has 0 bridgehead atoms. The van der Waals surface area contributed by atoms with Crippen molar-refractivity contribution in [2.24, 2.45) is 0 Å². The molecule has 1 aliphatic heterocycles. The van der Waals surface area contributed by atoms with Gasteiger partial charge in [0.25, 0.3) is 0 Å². The van der Waals surface area contributed by atoms with Crippen molar-refractivity contribution < 1.29 is 9.53 Å². The predicted octanol–water partition coefficient (Wildman–Crippen LogP) is 5.92. The zero-order valence-electron chi connectivity index (χ0n) is 18.6. The van der Waals surface area contributed by atoms with Gasteiger partial charge in [-0.15, -0.1) is 12.4 Å². The van der Waals surface area contributed by atoms with Crippen LogP contribution in [0.25, 0.3) is 0 Å². The van der Waals surface area contributed by atoms with Gasteiger partial charge in [0.2, 0.25) is 0 Å². The highest BCUT2D eigenvalue weighted by molar-refractivity contribution is 6.33. The molecule has 3 rings (SSSR count). The number of nitrogens with two attached hydrogens (primary N) is 1. The van der Waals surface area contributed by atoms with E-state index in [-0.39, 0.29) is 18.2 Å². The molecule has 4 nitrogen and oxygen atoms in total. The maximum absolute atomic E-state index is 12.6. The number of anilines is 1. The molecule has 1 saturated heterocycles. The van der Waals surface area contributed by atoms with Gasteiger partial charge in [-0.25, -0.2) is 0 Å². The van der Waals surface area contributed by atoms with Crippen LogP contribution in [0.1, 0.15) is 54.4 Å². The monoisotopic (exact) mass is 464 g/mol. The Kier molecular flexibility index (Phi) is 10.1. The summed E-state index contributed by atoms with van der Waals surface area (Å²) in [6, 6.07) is 9.87. The fraction of sp³-hybridized carbons (Fsp3) is 0.480. The van der Waals surface area contributed by atoms with Gasteiger partial charge in [-0.1, -0.05) is 47.3 Å². The number of rotatable bonds is 9. The largest absolute Gasteiger partial charge is 0.489 e. The number of nitrogens with zero attached hydrogens (tertiary/aromatic N) is 1. The van der Waals surface area contributed by atoms with Crippen LogP contribution in [0.4, 0.5) is 5.69 Å². The van der Waals surface area contributed by atoms with Crippen molar-refractivity contribution in [3.05, 3.63) is 57.6 Å². The molecule has 0 radical (unpaired) electrons. The van der Waals surface area contributed by atoms with Crippen LogP contribution >= 0.6 is 24.0 Å². The standard InChI is InChI=1S/C25H33ClN2O2.ClH/c1-18-11-19(2)13-20(12-18)17-30-25-16-24(27)23(26)15-21(25)14-22(29)7-6-10-28-8-4-3-5-9-28;/h11-13,15-16H,3-10,14,17,27H2,1-2H3;1H. The summed E-state index contributed by atoms with van der Waals surface area (Å²) in [4.78, 5) is 15.1. The van der Waals surface area contributed by atoms with Crippen LogP contribution in [0.3, 0.4) is 0 Å². The molecule has 31 heavy (non-hydrogen) atoms. The van der Waals surface area contributed by atoms with Gasteiger partial charge < -0.3 is 15.4 Å². The number of hydrogen-bond acceptors (Lipinski definition) is 4. The average molecular weight is 465 g/mol. The highest BCUT2D eigenvalue weighted by atomic mass is 35.5. The number of Topliss-reactive ketones (excluding diaryl/α,β-unsaturated/α-hetero) is 1. The van der Waals surface area contributed by atoms with Gasteiger partial charge in [-0.2, -0.15) is 0 Å². The third-order valence-electron chi connectivity index (χ3n) is 5.62. The number of carbonyl (C=O) groups excluding carboxylic acids is 1. The SMILES string of the molecule is Cc1cc(C)cc(COc2cc(N)c(Cl)cc2CC(=O)CCCN2CCCCC2)c1.Cl. The van der Waals surface area contributed by atoms with E-state index in [0.717, 1.165) is 37.2 Å². The lowest BCUT2D eigenvalue weighted by Gasteiger charge is -2.26. The molecule has 0 aromatic heterocycles. The number of nitrogen functional groups attached to an aromatic ring is 1. The molecule has 2 aromatic rings. The zero-order valence-corrected chi connectivity index (χ0v) is 20.2. The number of aryl methyl sites for hydroxylation is 2. The van der Waals surface area contributed by atoms with E-state index in [2.05, 4.69) is 36.9 Å². The first-order valence-electron chi connectivity index (χ1n) is 10.9. The quantitative estimate of drug-likeness (QED) is 0.468. The number of halogens is 2. The number of likely N-dealkylation sites (tertiary alicyclic amines) is 1. The number of ether oxygens (including phenoxy) is 1. The smallest absolute Gasteiger partial charge is 0.137 e. The molecule has 6 heteroatoms. The first-order valence-corrected chi connectivity index (χ1v) is 11.3. The van der Waals surface area contributed by atoms with E-state index >= 15 is 0 Å². The molecule has 0 atom stereocenters. The van der Waals surface area contributed by atoms with Gasteiger partial charge in [0.1, 0.15) is 18.1 Å². The number of carbonyl (C=O) groups is 1. The molecular formula is C25H34Cl2N2O2. The van der Waals surface area contributed by atoms with Crippen molar-refractivity contribution >= 4 is 35.5 Å². The Balaban J connectivity index is 0.00000341. The summed E-state index contributed by atoms with van der Waals surface area (Å²) >= 11 is 6.24. The Morgan fingerprint density at radius 1 is 1.06 bits per heavy atom. The van der Waals surface area contributed by atoms with Gasteiger partial charge in [0, 0.05) is 24.5 Å². The first-order chi connectivity index (χ1) is 14.4. The minimum absolute atomic E-state index is 0. The molecule has 0 aliphatic carbocycles. The fourth-order valence-corrected chi connectivity index (χ4v) is 4.37. The van der Waals surface area contributed by atoms with Crippen LogP contribution in [0.15, 0.2) is 30.3 Å². The second-order valence-electron chi connectivity index (χ2n) is 8.49. The van der Waals surface area contributed by atoms with E-state index < -0.39 is 0 Å². The van der Waals surface area contributed by atoms with Crippen LogP contribution in [0.5, 0.6) is 5.75 Å². The summed E-state index contributed by atoms with van der Waals surface area (Å²) in [5, 5.41) is 0.463. The topological polar surface area (TPSA) is 55.6 Å². The lowest BCUT2D eigenvalue weighted by Crippen LogP contribution is -2.30. The van der Waals surface area contributed by atoms with E-state index in [1.165, 1.54) is 30.4 Å². The van der Waals surface area contributed by atoms with Crippen LogP contribution in [0, 0.1) is 13.8 Å². The Morgan fingerprint density at radius 3 is 2.42 bits per heavy atom. The second-order valence-corrected chi connectivity index (χ2v) is 8.89. The van der Waals surface area contributed by atoms with E-state index in [1.807, 2.05) is 0 Å². The van der Waals surface area contributed by atoms with Crippen molar-refractivity contribution in [1.29, 1.82) is 0 Å². The van der Waals surface area contributed by atoms with Gasteiger partial charge in [-0.3, -0.25) is 4.79 Å². The molecule has 0 spiro atoms. The minimum Gasteiger partial charge on any atom is -0.489 e. The minimum atomic E-state index is 0. The summed E-state index contributed by atoms with van der Waals surface area (Å²) in [6.45, 7) is 7.91. The van der Waals surface area contributed by atoms with Crippen LogP contribution in [0.2, 0.25) is 5.02 Å². The van der Waals surface area contributed by atoms with Crippen molar-refractivity contribution in [1.82, 2.24) is 4.90 Å². The predicted molar refractivity (Wildman–Crippen MR) is 132 cm³/mol. The third-order valence-corrected chi connectivity index (χ3v) is 5.95. The highest BCUT2D eigenvalue weighted by Crippen LogP contribution is 2.30. The molecule has 1 heterocycles. The highest BCUT2D eigenvalue weighted by Gasteiger charge is 2.14. The van der Waals surface area contributed by atoms with Crippen LogP contribution in [-0.4, -0.2) is 30.3 Å². The summed E-state index contributed by atoms with van der Waals surface area (Å²) in [5.41, 5.74) is 10.8. The third kappa shape index (κ3) is 8.03. The second kappa shape index (κ2) is 12.3. The number of ketones is 1. The van der Waals surface area contributed by atoms with Crippen molar-refractivity contribution in [3.63, 3.8) is 0 Å². The average Bonchev–Trinajstić information content (AvgIpc) is 2.69. The lowest BCUT2D eigenvalue weighted by atomic mass is 10.0. The van der Waals surface area contributed by atoms with Crippen molar-refractivity contribution in [2.45, 2.75) is 59.0 Å². The van der Waals surface area contributed by atoms with Crippen molar-refractivity contribution in [3.8, 4) is 5.75 Å². The Morgan fingerprint density at radius 2 is 1.74 bits per heavy atom. The molecule has 1 aliphatic rings.